The number of aryl methyl sites for hydroxylation is 1. The Bertz CT molecular complexity index is 894. The van der Waals surface area contributed by atoms with Gasteiger partial charge in [0, 0.05) is 6.61 Å². The summed E-state index contributed by atoms with van der Waals surface area (Å²) < 4.78 is 22.1. The van der Waals surface area contributed by atoms with Crippen LogP contribution in [-0.2, 0) is 16.8 Å². The van der Waals surface area contributed by atoms with Gasteiger partial charge in [-0.25, -0.2) is 9.37 Å². The minimum absolute atomic E-state index is 0.107. The lowest BCUT2D eigenvalue weighted by atomic mass is 9.75. The Kier molecular flexibility index (Phi) is 19.4. The Morgan fingerprint density at radius 1 is 0.762 bits per heavy atom. The number of pyridine rings is 1. The van der Waals surface area contributed by atoms with Gasteiger partial charge in [-0.2, -0.15) is 5.26 Å². The summed E-state index contributed by atoms with van der Waals surface area (Å²) >= 11 is 3.45. The first kappa shape index (κ1) is 39.0. The molecule has 0 aliphatic heterocycles. The first-order valence-electron chi connectivity index (χ1n) is 17.4. The first-order chi connectivity index (χ1) is 20.0. The van der Waals surface area contributed by atoms with Gasteiger partial charge in [0.2, 0.25) is 0 Å². The largest absolute Gasteiger partial charge is 0.354 e. The summed E-state index contributed by atoms with van der Waals surface area (Å²) in [4.78, 5) is 4.37. The van der Waals surface area contributed by atoms with Crippen molar-refractivity contribution in [2.75, 3.05) is 6.61 Å². The zero-order chi connectivity index (χ0) is 31.5. The average Bonchev–Trinajstić information content (AvgIpc) is 2.96. The fourth-order valence-corrected chi connectivity index (χ4v) is 6.55. The standard InChI is InChI=1S/C37H64BrFN2O/c1-8-37(9-2,10-3)27-23-19-15-11-13-17-21-25-31-29-32(38)41-34(33(31)39)36(7,30-40)42-28-24-20-16-12-14-18-22-26-35(4,5)6/h29H,8-28H2,1-7H3/t36-/m1/s1. The molecule has 0 spiro atoms. The Labute approximate surface area is 268 Å². The smallest absolute Gasteiger partial charge is 0.196 e. The van der Waals surface area contributed by atoms with Gasteiger partial charge >= 0.3 is 0 Å². The van der Waals surface area contributed by atoms with Gasteiger partial charge in [0.15, 0.2) is 11.4 Å². The lowest BCUT2D eigenvalue weighted by Gasteiger charge is -2.30. The van der Waals surface area contributed by atoms with Gasteiger partial charge < -0.3 is 4.74 Å². The molecule has 0 aliphatic rings. The second-order valence-corrected chi connectivity index (χ2v) is 14.9. The molecule has 3 nitrogen and oxygen atoms in total. The fraction of sp³-hybridized carbons (Fsp3) is 0.838. The van der Waals surface area contributed by atoms with E-state index in [-0.39, 0.29) is 11.5 Å². The number of nitrogens with zero attached hydrogens (tertiary/aromatic N) is 2. The Morgan fingerprint density at radius 3 is 1.74 bits per heavy atom. The highest BCUT2D eigenvalue weighted by atomic mass is 79.9. The van der Waals surface area contributed by atoms with Gasteiger partial charge in [-0.15, -0.1) is 0 Å². The van der Waals surface area contributed by atoms with Crippen molar-refractivity contribution in [2.45, 2.75) is 182 Å². The van der Waals surface area contributed by atoms with Crippen LogP contribution in [0.1, 0.15) is 182 Å². The highest BCUT2D eigenvalue weighted by Gasteiger charge is 2.34. The van der Waals surface area contributed by atoms with E-state index in [2.05, 4.69) is 68.5 Å². The minimum atomic E-state index is -1.39. The molecule has 0 bridgehead atoms. The second-order valence-electron chi connectivity index (χ2n) is 14.1. The normalized spacial score (nSPS) is 13.7. The van der Waals surface area contributed by atoms with Crippen molar-refractivity contribution in [3.05, 3.63) is 27.7 Å². The summed E-state index contributed by atoms with van der Waals surface area (Å²) in [6.07, 6.45) is 23.9. The van der Waals surface area contributed by atoms with Crippen molar-refractivity contribution in [2.24, 2.45) is 10.8 Å². The van der Waals surface area contributed by atoms with Crippen molar-refractivity contribution in [3.8, 4) is 6.07 Å². The number of halogens is 2. The van der Waals surface area contributed by atoms with E-state index in [1.165, 1.54) is 96.3 Å². The Balaban J connectivity index is 2.41. The van der Waals surface area contributed by atoms with E-state index in [1.807, 2.05) is 0 Å². The molecule has 0 radical (unpaired) electrons. The fourth-order valence-electron chi connectivity index (χ4n) is 6.10. The lowest BCUT2D eigenvalue weighted by Crippen LogP contribution is -2.28. The molecule has 1 aromatic heterocycles. The Hall–Kier alpha value is -0.990. The molecule has 0 unspecified atom stereocenters. The molecule has 0 saturated carbocycles. The van der Waals surface area contributed by atoms with Gasteiger partial charge in [-0.05, 0) is 77.4 Å². The van der Waals surface area contributed by atoms with Gasteiger partial charge in [0.05, 0.1) is 0 Å². The molecule has 5 heteroatoms. The molecule has 1 heterocycles. The van der Waals surface area contributed by atoms with E-state index in [1.54, 1.807) is 13.0 Å². The van der Waals surface area contributed by atoms with Crippen LogP contribution in [0.2, 0.25) is 0 Å². The molecule has 0 saturated heterocycles. The quantitative estimate of drug-likeness (QED) is 0.0825. The average molecular weight is 652 g/mol. The molecular formula is C37H64BrFN2O. The maximum Gasteiger partial charge on any atom is 0.196 e. The van der Waals surface area contributed by atoms with E-state index in [4.69, 9.17) is 4.74 Å². The van der Waals surface area contributed by atoms with Crippen LogP contribution in [0, 0.1) is 28.0 Å². The third-order valence-electron chi connectivity index (χ3n) is 9.53. The molecule has 1 aromatic rings. The number of unbranched alkanes of at least 4 members (excludes halogenated alkanes) is 12. The van der Waals surface area contributed by atoms with Crippen molar-refractivity contribution < 1.29 is 9.13 Å². The van der Waals surface area contributed by atoms with Gasteiger partial charge in [0.1, 0.15) is 16.4 Å². The van der Waals surface area contributed by atoms with Crippen molar-refractivity contribution in [1.29, 1.82) is 5.26 Å². The second kappa shape index (κ2) is 20.9. The van der Waals surface area contributed by atoms with E-state index in [0.29, 0.717) is 34.0 Å². The maximum absolute atomic E-state index is 15.6. The molecule has 0 aromatic carbocycles. The number of aromatic nitrogens is 1. The van der Waals surface area contributed by atoms with Crippen LogP contribution in [0.15, 0.2) is 10.7 Å². The summed E-state index contributed by atoms with van der Waals surface area (Å²) in [6, 6.07) is 3.97. The van der Waals surface area contributed by atoms with E-state index in [9.17, 15) is 5.26 Å². The SMILES string of the molecule is CCC(CC)(CC)CCCCCCCCCc1cc(Br)nc([C@@](C)(C#N)OCCCCCCCCCC(C)(C)C)c1F. The van der Waals surface area contributed by atoms with Gasteiger partial charge in [0.25, 0.3) is 0 Å². The summed E-state index contributed by atoms with van der Waals surface area (Å²) in [5.41, 5.74) is 0.327. The van der Waals surface area contributed by atoms with Crippen LogP contribution in [0.4, 0.5) is 4.39 Å². The van der Waals surface area contributed by atoms with Crippen LogP contribution < -0.4 is 0 Å². The number of nitriles is 1. The van der Waals surface area contributed by atoms with Crippen LogP contribution in [0.3, 0.4) is 0 Å². The zero-order valence-corrected chi connectivity index (χ0v) is 30.1. The number of hydrogen-bond donors (Lipinski definition) is 0. The molecule has 0 aliphatic carbocycles. The van der Waals surface area contributed by atoms with E-state index >= 15 is 4.39 Å². The van der Waals surface area contributed by atoms with Crippen LogP contribution in [0.5, 0.6) is 0 Å². The molecule has 1 atom stereocenters. The topological polar surface area (TPSA) is 45.9 Å². The van der Waals surface area contributed by atoms with Gasteiger partial charge in [-0.3, -0.25) is 0 Å². The molecule has 0 N–H and O–H groups in total. The minimum Gasteiger partial charge on any atom is -0.354 e. The molecule has 242 valence electrons. The summed E-state index contributed by atoms with van der Waals surface area (Å²) in [5.74, 6) is -0.385. The van der Waals surface area contributed by atoms with E-state index in [0.717, 1.165) is 25.7 Å². The highest BCUT2D eigenvalue weighted by molar-refractivity contribution is 9.10. The first-order valence-corrected chi connectivity index (χ1v) is 18.2. The van der Waals surface area contributed by atoms with Crippen LogP contribution in [-0.4, -0.2) is 11.6 Å². The predicted molar refractivity (Wildman–Crippen MR) is 181 cm³/mol. The highest BCUT2D eigenvalue weighted by Crippen LogP contribution is 2.36. The van der Waals surface area contributed by atoms with Crippen molar-refractivity contribution in [3.63, 3.8) is 0 Å². The summed E-state index contributed by atoms with van der Waals surface area (Å²) in [5, 5.41) is 9.95. The molecule has 0 amide bonds. The monoisotopic (exact) mass is 650 g/mol. The lowest BCUT2D eigenvalue weighted by molar-refractivity contribution is 0.0000670. The van der Waals surface area contributed by atoms with Crippen LogP contribution >= 0.6 is 15.9 Å². The van der Waals surface area contributed by atoms with E-state index < -0.39 is 5.60 Å². The van der Waals surface area contributed by atoms with Crippen molar-refractivity contribution in [1.82, 2.24) is 4.98 Å². The molecule has 0 fully saturated rings. The van der Waals surface area contributed by atoms with Gasteiger partial charge in [-0.1, -0.05) is 138 Å². The summed E-state index contributed by atoms with van der Waals surface area (Å²) in [6.45, 7) is 16.0. The van der Waals surface area contributed by atoms with Crippen molar-refractivity contribution >= 4 is 15.9 Å². The summed E-state index contributed by atoms with van der Waals surface area (Å²) in [7, 11) is 0. The predicted octanol–water partition coefficient (Wildman–Crippen LogP) is 12.8. The number of hydrogen-bond acceptors (Lipinski definition) is 3. The number of rotatable bonds is 24. The Morgan fingerprint density at radius 2 is 1.24 bits per heavy atom. The zero-order valence-electron chi connectivity index (χ0n) is 28.5. The van der Waals surface area contributed by atoms with Crippen LogP contribution in [0.25, 0.3) is 0 Å². The molecule has 1 rings (SSSR count). The maximum atomic E-state index is 15.6. The number of ether oxygens (including phenoxy) is 1. The molecular weight excluding hydrogens is 587 g/mol. The molecule has 42 heavy (non-hydrogen) atoms. The third-order valence-corrected chi connectivity index (χ3v) is 9.94. The third kappa shape index (κ3) is 15.1.